The number of carbonyl (C=O) groups is 2. The second kappa shape index (κ2) is 9.74. The molecule has 170 valence electrons. The lowest BCUT2D eigenvalue weighted by Crippen LogP contribution is -2.39. The molecule has 0 aliphatic carbocycles. The standard InChI is InChI=1S/C28H31N3O2/c1-19(23-13-9-11-22(17-23)12-10-16-32)29-27(20(2)30-28(4,5)6)25-18-31(21(3)33)26-15-8-7-14-24(25)26/h7-18,27,29-30H,1-2H2,3-6H3/b12-10+. The molecule has 0 fully saturated rings. The molecule has 1 aromatic heterocycles. The number of para-hydroxylation sites is 1. The zero-order valence-electron chi connectivity index (χ0n) is 19.7. The van der Waals surface area contributed by atoms with Gasteiger partial charge in [0.05, 0.1) is 11.6 Å². The molecule has 0 spiro atoms. The van der Waals surface area contributed by atoms with Crippen LogP contribution in [-0.4, -0.2) is 22.3 Å². The van der Waals surface area contributed by atoms with Crippen LogP contribution in [0.25, 0.3) is 22.7 Å². The number of nitrogens with one attached hydrogen (secondary N) is 2. The van der Waals surface area contributed by atoms with Crippen molar-refractivity contribution in [1.29, 1.82) is 0 Å². The Bertz CT molecular complexity index is 1240. The number of nitrogens with zero attached hydrogens (tertiary/aromatic N) is 1. The molecule has 33 heavy (non-hydrogen) atoms. The number of hydrogen-bond donors (Lipinski definition) is 2. The van der Waals surface area contributed by atoms with E-state index in [4.69, 9.17) is 0 Å². The van der Waals surface area contributed by atoms with E-state index >= 15 is 0 Å². The normalized spacial score (nSPS) is 12.5. The predicted octanol–water partition coefficient (Wildman–Crippen LogP) is 5.72. The summed E-state index contributed by atoms with van der Waals surface area (Å²) in [6.45, 7) is 16.4. The summed E-state index contributed by atoms with van der Waals surface area (Å²) in [5, 5.41) is 7.97. The van der Waals surface area contributed by atoms with Crippen LogP contribution in [0.4, 0.5) is 0 Å². The van der Waals surface area contributed by atoms with E-state index in [0.717, 1.165) is 39.6 Å². The fourth-order valence-electron chi connectivity index (χ4n) is 3.84. The summed E-state index contributed by atoms with van der Waals surface area (Å²) in [6.07, 6.45) is 5.84. The smallest absolute Gasteiger partial charge is 0.227 e. The van der Waals surface area contributed by atoms with E-state index < -0.39 is 0 Å². The molecule has 5 nitrogen and oxygen atoms in total. The maximum Gasteiger partial charge on any atom is 0.227 e. The number of aldehydes is 1. The van der Waals surface area contributed by atoms with Crippen molar-refractivity contribution in [2.24, 2.45) is 0 Å². The summed E-state index contributed by atoms with van der Waals surface area (Å²) in [7, 11) is 0. The molecule has 2 aromatic carbocycles. The van der Waals surface area contributed by atoms with Crippen LogP contribution in [0.3, 0.4) is 0 Å². The van der Waals surface area contributed by atoms with Crippen molar-refractivity contribution >= 4 is 34.9 Å². The first-order chi connectivity index (χ1) is 15.6. The van der Waals surface area contributed by atoms with E-state index in [1.54, 1.807) is 17.6 Å². The van der Waals surface area contributed by atoms with E-state index in [1.165, 1.54) is 6.08 Å². The molecule has 1 atom stereocenters. The minimum atomic E-state index is -0.337. The first kappa shape index (κ1) is 23.8. The molecule has 0 radical (unpaired) electrons. The summed E-state index contributed by atoms with van der Waals surface area (Å²) in [5.74, 6) is -0.0564. The Morgan fingerprint density at radius 2 is 1.82 bits per heavy atom. The second-order valence-electron chi connectivity index (χ2n) is 9.07. The number of fused-ring (bicyclic) bond motifs is 1. The molecule has 1 heterocycles. The van der Waals surface area contributed by atoms with Crippen molar-refractivity contribution in [1.82, 2.24) is 15.2 Å². The lowest BCUT2D eigenvalue weighted by molar-refractivity contribution is -0.104. The highest BCUT2D eigenvalue weighted by Gasteiger charge is 2.24. The number of carbonyl (C=O) groups excluding carboxylic acids is 2. The average molecular weight is 442 g/mol. The van der Waals surface area contributed by atoms with Gasteiger partial charge in [0.1, 0.15) is 6.29 Å². The third-order valence-electron chi connectivity index (χ3n) is 5.20. The monoisotopic (exact) mass is 441 g/mol. The third kappa shape index (κ3) is 5.69. The zero-order valence-corrected chi connectivity index (χ0v) is 19.7. The van der Waals surface area contributed by atoms with Crippen molar-refractivity contribution in [3.05, 3.63) is 96.3 Å². The van der Waals surface area contributed by atoms with Crippen molar-refractivity contribution in [2.75, 3.05) is 0 Å². The Morgan fingerprint density at radius 3 is 2.48 bits per heavy atom. The van der Waals surface area contributed by atoms with E-state index in [2.05, 4.69) is 44.6 Å². The first-order valence-electron chi connectivity index (χ1n) is 10.9. The van der Waals surface area contributed by atoms with Crippen LogP contribution in [0, 0.1) is 0 Å². The fourth-order valence-corrected chi connectivity index (χ4v) is 3.84. The maximum absolute atomic E-state index is 12.3. The molecule has 3 aromatic rings. The molecule has 0 bridgehead atoms. The highest BCUT2D eigenvalue weighted by molar-refractivity contribution is 5.94. The van der Waals surface area contributed by atoms with Gasteiger partial charge in [-0.05, 0) is 50.1 Å². The van der Waals surface area contributed by atoms with Gasteiger partial charge in [-0.1, -0.05) is 55.6 Å². The maximum atomic E-state index is 12.3. The Kier molecular flexibility index (Phi) is 7.02. The highest BCUT2D eigenvalue weighted by atomic mass is 16.1. The van der Waals surface area contributed by atoms with E-state index in [1.807, 2.05) is 54.7 Å². The van der Waals surface area contributed by atoms with Crippen molar-refractivity contribution < 1.29 is 9.59 Å². The molecule has 0 saturated carbocycles. The average Bonchev–Trinajstić information content (AvgIpc) is 3.14. The zero-order chi connectivity index (χ0) is 24.2. The SMILES string of the molecule is C=C(NC(C(=C)NC(C)(C)C)c1cn(C(C)=O)c2ccccc12)c1cccc(/C=C/C=O)c1. The molecule has 0 aliphatic rings. The summed E-state index contributed by atoms with van der Waals surface area (Å²) in [4.78, 5) is 23.0. The summed E-state index contributed by atoms with van der Waals surface area (Å²) in [6, 6.07) is 15.3. The molecule has 2 N–H and O–H groups in total. The second-order valence-corrected chi connectivity index (χ2v) is 9.07. The van der Waals surface area contributed by atoms with Gasteiger partial charge in [-0.3, -0.25) is 14.2 Å². The minimum Gasteiger partial charge on any atom is -0.382 e. The highest BCUT2D eigenvalue weighted by Crippen LogP contribution is 2.32. The quantitative estimate of drug-likeness (QED) is 0.347. The van der Waals surface area contributed by atoms with Crippen molar-refractivity contribution in [2.45, 2.75) is 39.3 Å². The van der Waals surface area contributed by atoms with Gasteiger partial charge in [0.25, 0.3) is 0 Å². The molecule has 0 amide bonds. The Balaban J connectivity index is 2.05. The molecule has 0 saturated heterocycles. The van der Waals surface area contributed by atoms with Crippen molar-refractivity contribution in [3.8, 4) is 0 Å². The molecule has 1 unspecified atom stereocenters. The van der Waals surface area contributed by atoms with Gasteiger partial charge in [0.15, 0.2) is 0 Å². The van der Waals surface area contributed by atoms with Gasteiger partial charge in [-0.25, -0.2) is 0 Å². The largest absolute Gasteiger partial charge is 0.382 e. The fraction of sp³-hybridized carbons (Fsp3) is 0.214. The van der Waals surface area contributed by atoms with Crippen LogP contribution < -0.4 is 10.6 Å². The van der Waals surface area contributed by atoms with Crippen LogP contribution in [0.2, 0.25) is 0 Å². The molecule has 3 rings (SSSR count). The number of hydrogen-bond acceptors (Lipinski definition) is 4. The molecular formula is C28H31N3O2. The number of aromatic nitrogens is 1. The summed E-state index contributed by atoms with van der Waals surface area (Å²) in [5.41, 5.74) is 4.86. The van der Waals surface area contributed by atoms with Crippen molar-refractivity contribution in [3.63, 3.8) is 0 Å². The van der Waals surface area contributed by atoms with E-state index in [0.29, 0.717) is 5.70 Å². The summed E-state index contributed by atoms with van der Waals surface area (Å²) < 4.78 is 1.66. The van der Waals surface area contributed by atoms with Gasteiger partial charge in [0.2, 0.25) is 5.91 Å². The molecule has 5 heteroatoms. The lowest BCUT2D eigenvalue weighted by Gasteiger charge is -2.30. The van der Waals surface area contributed by atoms with Gasteiger partial charge >= 0.3 is 0 Å². The van der Waals surface area contributed by atoms with Gasteiger partial charge in [-0.15, -0.1) is 0 Å². The summed E-state index contributed by atoms with van der Waals surface area (Å²) >= 11 is 0. The molecular weight excluding hydrogens is 410 g/mol. The lowest BCUT2D eigenvalue weighted by atomic mass is 9.99. The topological polar surface area (TPSA) is 63.1 Å². The molecule has 0 aliphatic heterocycles. The van der Waals surface area contributed by atoms with Gasteiger partial charge in [-0.2, -0.15) is 0 Å². The van der Waals surface area contributed by atoms with E-state index in [9.17, 15) is 9.59 Å². The van der Waals surface area contributed by atoms with Crippen LogP contribution in [-0.2, 0) is 4.79 Å². The van der Waals surface area contributed by atoms with Crippen LogP contribution in [0.5, 0.6) is 0 Å². The van der Waals surface area contributed by atoms with E-state index in [-0.39, 0.29) is 17.5 Å². The predicted molar refractivity (Wildman–Crippen MR) is 137 cm³/mol. The Hall–Kier alpha value is -3.86. The van der Waals surface area contributed by atoms with Crippen LogP contribution >= 0.6 is 0 Å². The van der Waals surface area contributed by atoms with Crippen LogP contribution in [0.15, 0.2) is 79.7 Å². The minimum absolute atomic E-state index is 0.0564. The Morgan fingerprint density at radius 1 is 1.09 bits per heavy atom. The number of allylic oxidation sites excluding steroid dienone is 1. The van der Waals surface area contributed by atoms with Gasteiger partial charge in [0, 0.05) is 41.0 Å². The third-order valence-corrected chi connectivity index (χ3v) is 5.20. The van der Waals surface area contributed by atoms with Crippen LogP contribution in [0.1, 0.15) is 55.2 Å². The van der Waals surface area contributed by atoms with Gasteiger partial charge < -0.3 is 10.6 Å². The number of benzene rings is 2. The Labute approximate surface area is 195 Å². The number of rotatable bonds is 8. The first-order valence-corrected chi connectivity index (χ1v) is 10.9.